The van der Waals surface area contributed by atoms with Gasteiger partial charge in [-0.15, -0.1) is 0 Å². The zero-order valence-electron chi connectivity index (χ0n) is 17.3. The molecular formula is C21H26N8OS. The van der Waals surface area contributed by atoms with E-state index in [1.165, 1.54) is 11.3 Å². The summed E-state index contributed by atoms with van der Waals surface area (Å²) >= 11 is 1.52. The molecule has 0 bridgehead atoms. The third-order valence-corrected chi connectivity index (χ3v) is 7.06. The normalized spacial score (nSPS) is 21.9. The quantitative estimate of drug-likeness (QED) is 0.574. The molecule has 9 nitrogen and oxygen atoms in total. The summed E-state index contributed by atoms with van der Waals surface area (Å²) in [6.07, 6.45) is 7.29. The summed E-state index contributed by atoms with van der Waals surface area (Å²) < 4.78 is 0. The highest BCUT2D eigenvalue weighted by atomic mass is 32.1. The van der Waals surface area contributed by atoms with Crippen molar-refractivity contribution in [2.24, 2.45) is 0 Å². The van der Waals surface area contributed by atoms with Crippen LogP contribution in [0.15, 0.2) is 24.5 Å². The van der Waals surface area contributed by atoms with Crippen LogP contribution in [0.25, 0.3) is 20.9 Å². The van der Waals surface area contributed by atoms with Gasteiger partial charge in [-0.3, -0.25) is 4.98 Å². The monoisotopic (exact) mass is 438 g/mol. The van der Waals surface area contributed by atoms with Crippen molar-refractivity contribution in [1.29, 1.82) is 0 Å². The number of nitrogens with zero attached hydrogens (tertiary/aromatic N) is 5. The van der Waals surface area contributed by atoms with E-state index in [1.807, 2.05) is 17.0 Å². The summed E-state index contributed by atoms with van der Waals surface area (Å²) in [4.78, 5) is 33.3. The maximum Gasteiger partial charge on any atom is 0.317 e. The molecule has 2 fully saturated rings. The van der Waals surface area contributed by atoms with Crippen molar-refractivity contribution in [3.63, 3.8) is 0 Å². The van der Waals surface area contributed by atoms with Gasteiger partial charge in [-0.1, -0.05) is 11.3 Å². The van der Waals surface area contributed by atoms with Crippen LogP contribution in [0.1, 0.15) is 37.3 Å². The number of fused-ring (bicyclic) bond motifs is 1. The molecule has 1 saturated carbocycles. The summed E-state index contributed by atoms with van der Waals surface area (Å²) in [6, 6.07) is 4.15. The second kappa shape index (κ2) is 8.72. The van der Waals surface area contributed by atoms with Crippen molar-refractivity contribution in [3.05, 3.63) is 30.2 Å². The average Bonchev–Trinajstić information content (AvgIpc) is 3.24. The van der Waals surface area contributed by atoms with Gasteiger partial charge in [-0.2, -0.15) is 0 Å². The number of rotatable bonds is 3. The Morgan fingerprint density at radius 3 is 2.71 bits per heavy atom. The first kappa shape index (κ1) is 20.1. The SMILES string of the molecule is Nc1nc(C2CCC(NC(=O)N3CCNCC3)CC2)c2nc(-c3cccnc3)sc2n1. The maximum atomic E-state index is 12.5. The standard InChI is InChI=1S/C21H26N8OS/c22-20-27-16(17-19(28-20)31-18(26-17)14-2-1-7-24-12-14)13-3-5-15(6-4-13)25-21(30)29-10-8-23-9-11-29/h1-2,7,12-13,15,23H,3-6,8-11H2,(H,25,30)(H2,22,27,28). The number of pyridine rings is 1. The van der Waals surface area contributed by atoms with E-state index in [2.05, 4.69) is 25.6 Å². The molecule has 162 valence electrons. The van der Waals surface area contributed by atoms with Crippen LogP contribution < -0.4 is 16.4 Å². The molecule has 31 heavy (non-hydrogen) atoms. The lowest BCUT2D eigenvalue weighted by Crippen LogP contribution is -2.52. The van der Waals surface area contributed by atoms with E-state index in [9.17, 15) is 4.79 Å². The molecule has 0 atom stereocenters. The zero-order valence-corrected chi connectivity index (χ0v) is 18.1. The molecule has 0 unspecified atom stereocenters. The van der Waals surface area contributed by atoms with Crippen LogP contribution in [-0.4, -0.2) is 63.1 Å². The molecule has 3 aromatic rings. The Morgan fingerprint density at radius 2 is 1.97 bits per heavy atom. The fourth-order valence-corrected chi connectivity index (χ4v) is 5.35. The van der Waals surface area contributed by atoms with E-state index >= 15 is 0 Å². The van der Waals surface area contributed by atoms with Gasteiger partial charge in [0.25, 0.3) is 0 Å². The van der Waals surface area contributed by atoms with E-state index in [1.54, 1.807) is 12.4 Å². The second-order valence-electron chi connectivity index (χ2n) is 8.12. The largest absolute Gasteiger partial charge is 0.368 e. The molecular weight excluding hydrogens is 412 g/mol. The fourth-order valence-electron chi connectivity index (χ4n) is 4.40. The minimum Gasteiger partial charge on any atom is -0.368 e. The van der Waals surface area contributed by atoms with Crippen LogP contribution in [-0.2, 0) is 0 Å². The Morgan fingerprint density at radius 1 is 1.16 bits per heavy atom. The van der Waals surface area contributed by atoms with Crippen molar-refractivity contribution < 1.29 is 4.79 Å². The molecule has 2 aliphatic rings. The maximum absolute atomic E-state index is 12.5. The topological polar surface area (TPSA) is 122 Å². The minimum atomic E-state index is 0.0548. The minimum absolute atomic E-state index is 0.0548. The number of piperazine rings is 1. The summed E-state index contributed by atoms with van der Waals surface area (Å²) in [5, 5.41) is 7.37. The van der Waals surface area contributed by atoms with Gasteiger partial charge in [-0.05, 0) is 37.8 Å². The molecule has 5 rings (SSSR count). The lowest BCUT2D eigenvalue weighted by Gasteiger charge is -2.33. The number of carbonyl (C=O) groups is 1. The summed E-state index contributed by atoms with van der Waals surface area (Å²) in [7, 11) is 0. The first-order valence-electron chi connectivity index (χ1n) is 10.8. The highest BCUT2D eigenvalue weighted by molar-refractivity contribution is 7.21. The van der Waals surface area contributed by atoms with Crippen molar-refractivity contribution in [2.45, 2.75) is 37.6 Å². The third kappa shape index (κ3) is 4.31. The van der Waals surface area contributed by atoms with Gasteiger partial charge >= 0.3 is 6.03 Å². The van der Waals surface area contributed by atoms with Crippen molar-refractivity contribution >= 4 is 33.7 Å². The smallest absolute Gasteiger partial charge is 0.317 e. The molecule has 10 heteroatoms. The number of thiazole rings is 1. The molecule has 1 saturated heterocycles. The highest BCUT2D eigenvalue weighted by Crippen LogP contribution is 2.38. The van der Waals surface area contributed by atoms with Crippen LogP contribution >= 0.6 is 11.3 Å². The number of nitrogens with two attached hydrogens (primary N) is 1. The van der Waals surface area contributed by atoms with Gasteiger partial charge in [0.15, 0.2) is 0 Å². The molecule has 0 spiro atoms. The Kier molecular flexibility index (Phi) is 5.65. The van der Waals surface area contributed by atoms with Gasteiger partial charge in [0, 0.05) is 56.1 Å². The Bertz CT molecular complexity index is 1060. The number of hydrogen-bond acceptors (Lipinski definition) is 8. The van der Waals surface area contributed by atoms with E-state index in [-0.39, 0.29) is 23.9 Å². The van der Waals surface area contributed by atoms with Crippen LogP contribution in [0.3, 0.4) is 0 Å². The lowest BCUT2D eigenvalue weighted by atomic mass is 9.83. The summed E-state index contributed by atoms with van der Waals surface area (Å²) in [5.74, 6) is 0.557. The zero-order chi connectivity index (χ0) is 21.2. The molecule has 4 N–H and O–H groups in total. The molecule has 2 amide bonds. The predicted octanol–water partition coefficient (Wildman–Crippen LogP) is 2.37. The fraction of sp³-hybridized carbons (Fsp3) is 0.476. The number of carbonyl (C=O) groups excluding carboxylic acids is 1. The molecule has 0 radical (unpaired) electrons. The highest BCUT2D eigenvalue weighted by Gasteiger charge is 2.28. The van der Waals surface area contributed by atoms with Gasteiger partial charge in [-0.25, -0.2) is 19.7 Å². The molecule has 3 aromatic heterocycles. The van der Waals surface area contributed by atoms with Crippen LogP contribution in [0, 0.1) is 0 Å². The van der Waals surface area contributed by atoms with Crippen LogP contribution in [0.5, 0.6) is 0 Å². The first-order valence-corrected chi connectivity index (χ1v) is 11.6. The number of urea groups is 1. The van der Waals surface area contributed by atoms with Crippen molar-refractivity contribution in [1.82, 2.24) is 35.5 Å². The Labute approximate surface area is 184 Å². The number of aromatic nitrogens is 4. The third-order valence-electron chi connectivity index (χ3n) is 6.06. The van der Waals surface area contributed by atoms with Crippen LogP contribution in [0.2, 0.25) is 0 Å². The number of nitrogens with one attached hydrogen (secondary N) is 2. The van der Waals surface area contributed by atoms with E-state index in [0.717, 1.165) is 78.5 Å². The van der Waals surface area contributed by atoms with Crippen molar-refractivity contribution in [2.75, 3.05) is 31.9 Å². The molecule has 1 aliphatic carbocycles. The predicted molar refractivity (Wildman–Crippen MR) is 121 cm³/mol. The Hall–Kier alpha value is -2.85. The number of anilines is 1. The number of nitrogen functional groups attached to an aromatic ring is 1. The van der Waals surface area contributed by atoms with E-state index in [4.69, 9.17) is 10.7 Å². The van der Waals surface area contributed by atoms with Gasteiger partial charge < -0.3 is 21.3 Å². The molecule has 4 heterocycles. The first-order chi connectivity index (χ1) is 15.2. The van der Waals surface area contributed by atoms with Crippen LogP contribution in [0.4, 0.5) is 10.7 Å². The summed E-state index contributed by atoms with van der Waals surface area (Å²) in [5.41, 5.74) is 8.77. The summed E-state index contributed by atoms with van der Waals surface area (Å²) in [6.45, 7) is 3.25. The Balaban J connectivity index is 1.30. The van der Waals surface area contributed by atoms with Crippen molar-refractivity contribution in [3.8, 4) is 10.6 Å². The average molecular weight is 439 g/mol. The van der Waals surface area contributed by atoms with Gasteiger partial charge in [0.05, 0.1) is 5.69 Å². The number of amides is 2. The second-order valence-corrected chi connectivity index (χ2v) is 9.09. The van der Waals surface area contributed by atoms with Gasteiger partial charge in [0.2, 0.25) is 5.95 Å². The number of hydrogen-bond donors (Lipinski definition) is 3. The lowest BCUT2D eigenvalue weighted by molar-refractivity contribution is 0.182. The van der Waals surface area contributed by atoms with E-state index in [0.29, 0.717) is 0 Å². The van der Waals surface area contributed by atoms with E-state index < -0.39 is 0 Å². The van der Waals surface area contributed by atoms with Gasteiger partial charge in [0.1, 0.15) is 15.4 Å². The molecule has 1 aliphatic heterocycles. The molecule has 0 aromatic carbocycles.